The van der Waals surface area contributed by atoms with E-state index in [-0.39, 0.29) is 4.90 Å². The Kier molecular flexibility index (Phi) is 4.41. The first-order valence-electron chi connectivity index (χ1n) is 8.49. The number of ether oxygens (including phenoxy) is 1. The lowest BCUT2D eigenvalue weighted by Gasteiger charge is -2.45. The molecule has 3 aromatic carbocycles. The third-order valence-corrected chi connectivity index (χ3v) is 6.24. The van der Waals surface area contributed by atoms with Crippen molar-refractivity contribution in [2.24, 2.45) is 0 Å². The molecule has 2 atom stereocenters. The number of hydrogen-bond donors (Lipinski definition) is 0. The Labute approximate surface area is 157 Å². The fourth-order valence-corrected chi connectivity index (χ4v) is 4.73. The molecule has 3 aromatic rings. The summed E-state index contributed by atoms with van der Waals surface area (Å²) in [7, 11) is -3.97. The number of β-lactam (4-membered cyclic amide) rings is 1. The summed E-state index contributed by atoms with van der Waals surface area (Å²) < 4.78 is 32.9. The minimum atomic E-state index is -3.97. The van der Waals surface area contributed by atoms with E-state index in [1.165, 1.54) is 12.1 Å². The van der Waals surface area contributed by atoms with E-state index < -0.39 is 28.1 Å². The topological polar surface area (TPSA) is 63.7 Å². The zero-order valence-electron chi connectivity index (χ0n) is 14.3. The van der Waals surface area contributed by atoms with Gasteiger partial charge < -0.3 is 4.74 Å². The summed E-state index contributed by atoms with van der Waals surface area (Å²) in [6.45, 7) is 0. The standard InChI is InChI=1S/C21H17NO4S/c23-21-20(26-17-12-6-2-7-13-17)19(16-10-4-1-5-11-16)22(21)27(24,25)18-14-8-3-9-15-18/h1-15,19-20H/t19-,20+/m1/s1. The Bertz CT molecular complexity index is 1040. The maximum absolute atomic E-state index is 13.1. The number of rotatable bonds is 5. The van der Waals surface area contributed by atoms with Gasteiger partial charge in [0, 0.05) is 0 Å². The van der Waals surface area contributed by atoms with Crippen LogP contribution in [-0.4, -0.2) is 24.7 Å². The number of carbonyl (C=O) groups excluding carboxylic acids is 1. The monoisotopic (exact) mass is 379 g/mol. The molecule has 1 saturated heterocycles. The van der Waals surface area contributed by atoms with Crippen molar-refractivity contribution < 1.29 is 17.9 Å². The quantitative estimate of drug-likeness (QED) is 0.638. The second-order valence-electron chi connectivity index (χ2n) is 6.16. The fourth-order valence-electron chi connectivity index (χ4n) is 3.13. The molecule has 1 aliphatic heterocycles. The van der Waals surface area contributed by atoms with Crippen molar-refractivity contribution in [1.29, 1.82) is 0 Å². The first kappa shape index (κ1) is 17.3. The predicted octanol–water partition coefficient (Wildman–Crippen LogP) is 3.41. The van der Waals surface area contributed by atoms with Gasteiger partial charge >= 0.3 is 0 Å². The SMILES string of the molecule is O=C1[C@@H](Oc2ccccc2)[C@@H](c2ccccc2)N1S(=O)(=O)c1ccccc1. The Balaban J connectivity index is 1.72. The van der Waals surface area contributed by atoms with Crippen LogP contribution in [0.3, 0.4) is 0 Å². The van der Waals surface area contributed by atoms with Gasteiger partial charge in [-0.2, -0.15) is 0 Å². The summed E-state index contributed by atoms with van der Waals surface area (Å²) in [5.74, 6) is -0.0508. The van der Waals surface area contributed by atoms with E-state index in [1.54, 1.807) is 54.6 Å². The molecule has 136 valence electrons. The largest absolute Gasteiger partial charge is 0.478 e. The van der Waals surface area contributed by atoms with Crippen LogP contribution in [0, 0.1) is 0 Å². The predicted molar refractivity (Wildman–Crippen MR) is 101 cm³/mol. The van der Waals surface area contributed by atoms with Crippen molar-refractivity contribution in [1.82, 2.24) is 4.31 Å². The van der Waals surface area contributed by atoms with Crippen LogP contribution in [0.4, 0.5) is 0 Å². The number of hydrogen-bond acceptors (Lipinski definition) is 4. The fraction of sp³-hybridized carbons (Fsp3) is 0.0952. The Morgan fingerprint density at radius 1 is 0.741 bits per heavy atom. The van der Waals surface area contributed by atoms with E-state index >= 15 is 0 Å². The molecular formula is C21H17NO4S. The van der Waals surface area contributed by atoms with Crippen LogP contribution >= 0.6 is 0 Å². The summed E-state index contributed by atoms with van der Waals surface area (Å²) >= 11 is 0. The van der Waals surface area contributed by atoms with Gasteiger partial charge in [-0.3, -0.25) is 4.79 Å². The van der Waals surface area contributed by atoms with Crippen molar-refractivity contribution >= 4 is 15.9 Å². The Hall–Kier alpha value is -3.12. The van der Waals surface area contributed by atoms with E-state index in [2.05, 4.69) is 0 Å². The molecule has 1 heterocycles. The van der Waals surface area contributed by atoms with E-state index in [0.717, 1.165) is 4.31 Å². The zero-order chi connectivity index (χ0) is 18.9. The molecule has 0 radical (unpaired) electrons. The Morgan fingerprint density at radius 2 is 1.26 bits per heavy atom. The van der Waals surface area contributed by atoms with E-state index in [0.29, 0.717) is 11.3 Å². The number of sulfonamides is 1. The highest BCUT2D eigenvalue weighted by Gasteiger charge is 2.56. The van der Waals surface area contributed by atoms with Gasteiger partial charge in [-0.1, -0.05) is 66.7 Å². The summed E-state index contributed by atoms with van der Waals surface area (Å²) in [6, 6.07) is 25.2. The molecule has 1 fully saturated rings. The summed E-state index contributed by atoms with van der Waals surface area (Å²) in [5.41, 5.74) is 0.706. The third kappa shape index (κ3) is 3.08. The first-order chi connectivity index (χ1) is 13.1. The van der Waals surface area contributed by atoms with E-state index in [4.69, 9.17) is 4.74 Å². The van der Waals surface area contributed by atoms with Gasteiger partial charge in [-0.05, 0) is 29.8 Å². The van der Waals surface area contributed by atoms with Gasteiger partial charge in [0.1, 0.15) is 11.8 Å². The average Bonchev–Trinajstić information content (AvgIpc) is 2.72. The molecule has 5 nitrogen and oxygen atoms in total. The normalized spacial score (nSPS) is 19.4. The van der Waals surface area contributed by atoms with Crippen molar-refractivity contribution in [3.05, 3.63) is 96.6 Å². The highest BCUT2D eigenvalue weighted by atomic mass is 32.2. The number of para-hydroxylation sites is 1. The number of nitrogens with zero attached hydrogens (tertiary/aromatic N) is 1. The van der Waals surface area contributed by atoms with Crippen LogP contribution in [0.2, 0.25) is 0 Å². The van der Waals surface area contributed by atoms with Gasteiger partial charge in [0.15, 0.2) is 0 Å². The van der Waals surface area contributed by atoms with Crippen LogP contribution < -0.4 is 4.74 Å². The molecule has 1 aliphatic rings. The second-order valence-corrected chi connectivity index (χ2v) is 7.97. The molecule has 0 unspecified atom stereocenters. The number of carbonyl (C=O) groups is 1. The zero-order valence-corrected chi connectivity index (χ0v) is 15.1. The lowest BCUT2D eigenvalue weighted by molar-refractivity contribution is -0.153. The van der Waals surface area contributed by atoms with Crippen LogP contribution in [-0.2, 0) is 14.8 Å². The van der Waals surface area contributed by atoms with Crippen molar-refractivity contribution in [2.75, 3.05) is 0 Å². The third-order valence-electron chi connectivity index (χ3n) is 4.45. The van der Waals surface area contributed by atoms with Gasteiger partial charge in [-0.15, -0.1) is 0 Å². The van der Waals surface area contributed by atoms with Crippen LogP contribution in [0.15, 0.2) is 95.9 Å². The summed E-state index contributed by atoms with van der Waals surface area (Å²) in [6.07, 6.45) is -0.895. The van der Waals surface area contributed by atoms with Gasteiger partial charge in [0.2, 0.25) is 6.10 Å². The number of benzene rings is 3. The molecule has 4 rings (SSSR count). The highest BCUT2D eigenvalue weighted by molar-refractivity contribution is 7.89. The first-order valence-corrected chi connectivity index (χ1v) is 9.93. The van der Waals surface area contributed by atoms with Crippen molar-refractivity contribution in [3.63, 3.8) is 0 Å². The minimum Gasteiger partial charge on any atom is -0.478 e. The number of amides is 1. The molecule has 0 N–H and O–H groups in total. The van der Waals surface area contributed by atoms with Gasteiger partial charge in [0.05, 0.1) is 4.90 Å². The molecule has 0 saturated carbocycles. The van der Waals surface area contributed by atoms with Gasteiger partial charge in [0.25, 0.3) is 15.9 Å². The smallest absolute Gasteiger partial charge is 0.280 e. The van der Waals surface area contributed by atoms with Crippen molar-refractivity contribution in [3.8, 4) is 5.75 Å². The molecule has 6 heteroatoms. The maximum atomic E-state index is 13.1. The molecule has 0 aromatic heterocycles. The molecule has 0 aliphatic carbocycles. The summed E-state index contributed by atoms with van der Waals surface area (Å²) in [4.78, 5) is 12.9. The van der Waals surface area contributed by atoms with E-state index in [9.17, 15) is 13.2 Å². The van der Waals surface area contributed by atoms with Crippen LogP contribution in [0.5, 0.6) is 5.75 Å². The highest BCUT2D eigenvalue weighted by Crippen LogP contribution is 2.41. The van der Waals surface area contributed by atoms with E-state index in [1.807, 2.05) is 24.3 Å². The van der Waals surface area contributed by atoms with Crippen molar-refractivity contribution in [2.45, 2.75) is 17.0 Å². The Morgan fingerprint density at radius 3 is 1.85 bits per heavy atom. The lowest BCUT2D eigenvalue weighted by atomic mass is 9.94. The van der Waals surface area contributed by atoms with Crippen LogP contribution in [0.1, 0.15) is 11.6 Å². The lowest BCUT2D eigenvalue weighted by Crippen LogP contribution is -2.62. The molecule has 27 heavy (non-hydrogen) atoms. The maximum Gasteiger partial charge on any atom is 0.280 e. The molecule has 0 bridgehead atoms. The average molecular weight is 379 g/mol. The van der Waals surface area contributed by atoms with Gasteiger partial charge in [-0.25, -0.2) is 12.7 Å². The molecular weight excluding hydrogens is 362 g/mol. The van der Waals surface area contributed by atoms with Crippen LogP contribution in [0.25, 0.3) is 0 Å². The molecule has 0 spiro atoms. The minimum absolute atomic E-state index is 0.0810. The molecule has 1 amide bonds. The summed E-state index contributed by atoms with van der Waals surface area (Å²) in [5, 5.41) is 0. The second kappa shape index (κ2) is 6.89.